The van der Waals surface area contributed by atoms with Gasteiger partial charge in [-0.1, -0.05) is 32.9 Å². The molecule has 1 N–H and O–H groups in total. The first-order valence-electron chi connectivity index (χ1n) is 9.22. The third-order valence-electron chi connectivity index (χ3n) is 4.53. The van der Waals surface area contributed by atoms with Crippen molar-refractivity contribution in [2.75, 3.05) is 32.5 Å². The summed E-state index contributed by atoms with van der Waals surface area (Å²) in [6.07, 6.45) is 0. The second-order valence-corrected chi connectivity index (χ2v) is 8.21. The van der Waals surface area contributed by atoms with Crippen molar-refractivity contribution < 1.29 is 4.39 Å². The van der Waals surface area contributed by atoms with Crippen LogP contribution in [0.4, 0.5) is 10.2 Å². The van der Waals surface area contributed by atoms with Crippen molar-refractivity contribution in [3.8, 4) is 11.1 Å². The fourth-order valence-corrected chi connectivity index (χ4v) is 3.00. The number of nitrogens with one attached hydrogen (secondary N) is 1. The van der Waals surface area contributed by atoms with Crippen LogP contribution in [0, 0.1) is 12.7 Å². The Balaban J connectivity index is 2.17. The van der Waals surface area contributed by atoms with Gasteiger partial charge in [-0.3, -0.25) is 0 Å². The lowest BCUT2D eigenvalue weighted by Gasteiger charge is -2.20. The summed E-state index contributed by atoms with van der Waals surface area (Å²) in [5.74, 6) is 0.672. The number of likely N-dealkylation sites (N-methyl/N-ethyl adjacent to an activating group) is 1. The Hall–Kier alpha value is -2.47. The Morgan fingerprint density at radius 2 is 1.81 bits per heavy atom. The lowest BCUT2D eigenvalue weighted by Crippen LogP contribution is -2.22. The van der Waals surface area contributed by atoms with Gasteiger partial charge in [0.15, 0.2) is 5.65 Å². The maximum absolute atomic E-state index is 13.4. The third kappa shape index (κ3) is 4.11. The second-order valence-electron chi connectivity index (χ2n) is 8.21. The number of rotatable bonds is 5. The second kappa shape index (κ2) is 7.27. The molecule has 6 heteroatoms. The molecule has 27 heavy (non-hydrogen) atoms. The molecule has 0 aliphatic heterocycles. The van der Waals surface area contributed by atoms with Crippen molar-refractivity contribution in [2.24, 2.45) is 0 Å². The zero-order valence-corrected chi connectivity index (χ0v) is 17.0. The molecule has 2 heterocycles. The highest BCUT2D eigenvalue weighted by Gasteiger charge is 2.22. The van der Waals surface area contributed by atoms with Gasteiger partial charge in [-0.15, -0.1) is 0 Å². The number of fused-ring (bicyclic) bond motifs is 1. The minimum Gasteiger partial charge on any atom is -0.369 e. The summed E-state index contributed by atoms with van der Waals surface area (Å²) < 4.78 is 15.2. The van der Waals surface area contributed by atoms with E-state index in [0.717, 1.165) is 47.1 Å². The summed E-state index contributed by atoms with van der Waals surface area (Å²) in [6.45, 7) is 10.1. The lowest BCUT2D eigenvalue weighted by atomic mass is 9.92. The van der Waals surface area contributed by atoms with Gasteiger partial charge in [0.25, 0.3) is 0 Å². The fourth-order valence-electron chi connectivity index (χ4n) is 3.00. The molecule has 0 aliphatic rings. The minimum atomic E-state index is -0.248. The van der Waals surface area contributed by atoms with Crippen LogP contribution in [0.2, 0.25) is 0 Å². The summed E-state index contributed by atoms with van der Waals surface area (Å²) in [4.78, 5) is 7.06. The Morgan fingerprint density at radius 3 is 2.41 bits per heavy atom. The van der Waals surface area contributed by atoms with Gasteiger partial charge in [-0.2, -0.15) is 9.61 Å². The Morgan fingerprint density at radius 1 is 1.15 bits per heavy atom. The van der Waals surface area contributed by atoms with Gasteiger partial charge >= 0.3 is 0 Å². The van der Waals surface area contributed by atoms with E-state index in [1.807, 2.05) is 11.4 Å². The van der Waals surface area contributed by atoms with Crippen molar-refractivity contribution >= 4 is 11.5 Å². The molecule has 0 amide bonds. The topological polar surface area (TPSA) is 45.5 Å². The van der Waals surface area contributed by atoms with E-state index >= 15 is 0 Å². The monoisotopic (exact) mass is 369 g/mol. The largest absolute Gasteiger partial charge is 0.369 e. The SMILES string of the molecule is Cc1nn2c(NCCN(C)C)cc(C(C)(C)C)nc2c1-c1ccc(F)cc1. The zero-order chi connectivity index (χ0) is 19.8. The van der Waals surface area contributed by atoms with Gasteiger partial charge in [-0.05, 0) is 38.7 Å². The summed E-state index contributed by atoms with van der Waals surface area (Å²) in [5.41, 5.74) is 4.41. The van der Waals surface area contributed by atoms with E-state index in [4.69, 9.17) is 10.1 Å². The van der Waals surface area contributed by atoms with Crippen LogP contribution in [0.1, 0.15) is 32.2 Å². The number of halogens is 1. The molecule has 5 nitrogen and oxygen atoms in total. The molecular weight excluding hydrogens is 341 g/mol. The van der Waals surface area contributed by atoms with Crippen LogP contribution in [-0.4, -0.2) is 46.7 Å². The molecule has 3 rings (SSSR count). The van der Waals surface area contributed by atoms with Crippen LogP contribution < -0.4 is 5.32 Å². The molecule has 1 aromatic carbocycles. The Kier molecular flexibility index (Phi) is 5.20. The molecule has 0 saturated carbocycles. The Labute approximate surface area is 160 Å². The van der Waals surface area contributed by atoms with Crippen molar-refractivity contribution in [2.45, 2.75) is 33.1 Å². The third-order valence-corrected chi connectivity index (χ3v) is 4.53. The van der Waals surface area contributed by atoms with Crippen LogP contribution in [0.25, 0.3) is 16.8 Å². The highest BCUT2D eigenvalue weighted by atomic mass is 19.1. The molecule has 0 atom stereocenters. The first kappa shape index (κ1) is 19.3. The van der Waals surface area contributed by atoms with Gasteiger partial charge in [0.1, 0.15) is 11.6 Å². The molecule has 0 saturated heterocycles. The summed E-state index contributed by atoms with van der Waals surface area (Å²) in [6, 6.07) is 8.58. The van der Waals surface area contributed by atoms with Crippen molar-refractivity contribution in [1.82, 2.24) is 19.5 Å². The van der Waals surface area contributed by atoms with Crippen molar-refractivity contribution in [1.29, 1.82) is 0 Å². The molecule has 0 radical (unpaired) electrons. The highest BCUT2D eigenvalue weighted by molar-refractivity contribution is 5.81. The molecule has 0 fully saturated rings. The number of nitrogens with zero attached hydrogens (tertiary/aromatic N) is 4. The van der Waals surface area contributed by atoms with Gasteiger partial charge in [0.2, 0.25) is 0 Å². The molecule has 2 aromatic heterocycles. The van der Waals surface area contributed by atoms with E-state index in [1.165, 1.54) is 12.1 Å². The van der Waals surface area contributed by atoms with E-state index in [2.05, 4.69) is 51.1 Å². The highest BCUT2D eigenvalue weighted by Crippen LogP contribution is 2.32. The number of hydrogen-bond donors (Lipinski definition) is 1. The Bertz CT molecular complexity index is 936. The van der Waals surface area contributed by atoms with Crippen LogP contribution >= 0.6 is 0 Å². The van der Waals surface area contributed by atoms with Gasteiger partial charge in [0.05, 0.1) is 11.4 Å². The zero-order valence-electron chi connectivity index (χ0n) is 17.0. The van der Waals surface area contributed by atoms with Crippen molar-refractivity contribution in [3.63, 3.8) is 0 Å². The fraction of sp³-hybridized carbons (Fsp3) is 0.429. The quantitative estimate of drug-likeness (QED) is 0.735. The summed E-state index contributed by atoms with van der Waals surface area (Å²) >= 11 is 0. The minimum absolute atomic E-state index is 0.0992. The predicted molar refractivity (Wildman–Crippen MR) is 109 cm³/mol. The van der Waals surface area contributed by atoms with E-state index in [9.17, 15) is 4.39 Å². The smallest absolute Gasteiger partial charge is 0.165 e. The molecule has 144 valence electrons. The normalized spacial score (nSPS) is 12.1. The van der Waals surface area contributed by atoms with E-state index in [-0.39, 0.29) is 11.2 Å². The number of hydrogen-bond acceptors (Lipinski definition) is 4. The van der Waals surface area contributed by atoms with E-state index in [1.54, 1.807) is 12.1 Å². The first-order chi connectivity index (χ1) is 12.7. The van der Waals surface area contributed by atoms with Gasteiger partial charge < -0.3 is 10.2 Å². The van der Waals surface area contributed by atoms with Crippen molar-refractivity contribution in [3.05, 3.63) is 47.5 Å². The molecule has 0 bridgehead atoms. The van der Waals surface area contributed by atoms with Gasteiger partial charge in [-0.25, -0.2) is 9.37 Å². The van der Waals surface area contributed by atoms with Crippen LogP contribution in [-0.2, 0) is 5.41 Å². The molecule has 0 spiro atoms. The number of benzene rings is 1. The van der Waals surface area contributed by atoms with Gasteiger partial charge in [0, 0.05) is 30.1 Å². The first-order valence-corrected chi connectivity index (χ1v) is 9.22. The standard InChI is InChI=1S/C21H28FN5/c1-14-19(15-7-9-16(22)10-8-15)20-24-17(21(2,3)4)13-18(27(20)25-14)23-11-12-26(5)6/h7-10,13,23H,11-12H2,1-6H3. The molecule has 0 aliphatic carbocycles. The average molecular weight is 369 g/mol. The number of anilines is 1. The molecular formula is C21H28FN5. The summed E-state index contributed by atoms with van der Waals surface area (Å²) in [7, 11) is 4.10. The van der Waals surface area contributed by atoms with E-state index < -0.39 is 0 Å². The number of aryl methyl sites for hydroxylation is 1. The average Bonchev–Trinajstić information content (AvgIpc) is 2.91. The maximum Gasteiger partial charge on any atom is 0.165 e. The van der Waals surface area contributed by atoms with E-state index in [0.29, 0.717) is 0 Å². The van der Waals surface area contributed by atoms with Crippen LogP contribution in [0.15, 0.2) is 30.3 Å². The lowest BCUT2D eigenvalue weighted by molar-refractivity contribution is 0.425. The molecule has 3 aromatic rings. The summed E-state index contributed by atoms with van der Waals surface area (Å²) in [5, 5.41) is 8.21. The van der Waals surface area contributed by atoms with Crippen LogP contribution in [0.3, 0.4) is 0 Å². The molecule has 0 unspecified atom stereocenters. The van der Waals surface area contributed by atoms with Crippen LogP contribution in [0.5, 0.6) is 0 Å². The predicted octanol–water partition coefficient (Wildman–Crippen LogP) is 4.11. The number of aromatic nitrogens is 3. The maximum atomic E-state index is 13.4.